The Morgan fingerprint density at radius 1 is 0.952 bits per heavy atom. The summed E-state index contributed by atoms with van der Waals surface area (Å²) in [4.78, 5) is 0. The van der Waals surface area contributed by atoms with E-state index in [-0.39, 0.29) is 0 Å². The Labute approximate surface area is 146 Å². The number of halogens is 2. The molecule has 0 amide bonds. The van der Waals surface area contributed by atoms with Crippen molar-refractivity contribution in [3.8, 4) is 0 Å². The monoisotopic (exact) mass is 396 g/mol. The van der Waals surface area contributed by atoms with Crippen LogP contribution in [0, 0.1) is 0 Å². The zero-order chi connectivity index (χ0) is 15.7. The molecule has 0 bridgehead atoms. The fourth-order valence-electron chi connectivity index (χ4n) is 1.94. The molecule has 0 aliphatic rings. The Balaban J connectivity index is 0.000000178. The topological polar surface area (TPSA) is 0 Å². The van der Waals surface area contributed by atoms with Crippen LogP contribution in [0.1, 0.15) is 26.3 Å². The fourth-order valence-corrected chi connectivity index (χ4v) is 1.94. The van der Waals surface area contributed by atoms with E-state index in [1.165, 1.54) is 16.3 Å². The summed E-state index contributed by atoms with van der Waals surface area (Å²) in [5.41, 5.74) is 1.74. The van der Waals surface area contributed by atoms with Crippen LogP contribution in [0.2, 0.25) is 0 Å². The minimum atomic E-state index is -0.826. The molecule has 0 N–H and O–H groups in total. The van der Waals surface area contributed by atoms with E-state index in [2.05, 4.69) is 87.5 Å². The SMILES string of the molecule is CC(C)(C)[c-]1cccc1.[Cl][Zr+2][Cl].c1ccc2[cH-]ccc2c1. The van der Waals surface area contributed by atoms with Gasteiger partial charge in [0.05, 0.1) is 0 Å². The molecule has 0 atom stereocenters. The number of fused-ring (bicyclic) bond motifs is 1. The molecule has 3 aromatic rings. The van der Waals surface area contributed by atoms with Crippen molar-refractivity contribution in [2.24, 2.45) is 0 Å². The Morgan fingerprint density at radius 2 is 1.52 bits per heavy atom. The predicted octanol–water partition coefficient (Wildman–Crippen LogP) is 6.64. The second-order valence-corrected chi connectivity index (χ2v) is 9.38. The molecular weight excluding hydrogens is 378 g/mol. The summed E-state index contributed by atoms with van der Waals surface area (Å²) in [6.07, 6.45) is 0. The Bertz CT molecular complexity index is 573. The summed E-state index contributed by atoms with van der Waals surface area (Å²) < 4.78 is 0. The van der Waals surface area contributed by atoms with Gasteiger partial charge in [0, 0.05) is 0 Å². The van der Waals surface area contributed by atoms with E-state index >= 15 is 0 Å². The standard InChI is InChI=1S/C9H7.C9H13.2ClH.Zr/c1-2-5-9-7-3-6-8(9)4-1;1-9(2,3)8-6-4-5-7-8;;;/h1-7H;4-7H,1-3H3;2*1H;/q2*-1;;;+4/p-2. The van der Waals surface area contributed by atoms with Gasteiger partial charge in [0.15, 0.2) is 0 Å². The fraction of sp³-hybridized carbons (Fsp3) is 0.222. The van der Waals surface area contributed by atoms with Gasteiger partial charge >= 0.3 is 37.9 Å². The van der Waals surface area contributed by atoms with Crippen molar-refractivity contribution in [3.63, 3.8) is 0 Å². The molecule has 0 nitrogen and oxygen atoms in total. The maximum absolute atomic E-state index is 4.93. The third kappa shape index (κ3) is 6.96. The van der Waals surface area contributed by atoms with Gasteiger partial charge in [0.2, 0.25) is 0 Å². The molecule has 0 saturated carbocycles. The Hall–Kier alpha value is -0.357. The second kappa shape index (κ2) is 9.62. The number of hydrogen-bond acceptors (Lipinski definition) is 0. The van der Waals surface area contributed by atoms with E-state index in [9.17, 15) is 0 Å². The van der Waals surface area contributed by atoms with Gasteiger partial charge in [-0.3, -0.25) is 0 Å². The third-order valence-electron chi connectivity index (χ3n) is 3.08. The number of benzene rings is 1. The predicted molar refractivity (Wildman–Crippen MR) is 92.0 cm³/mol. The number of hydrogen-bond donors (Lipinski definition) is 0. The van der Waals surface area contributed by atoms with Crippen LogP contribution in [0.15, 0.2) is 66.7 Å². The van der Waals surface area contributed by atoms with Crippen molar-refractivity contribution < 1.29 is 20.8 Å². The molecule has 0 radical (unpaired) electrons. The first-order chi connectivity index (χ1) is 9.99. The van der Waals surface area contributed by atoms with Crippen molar-refractivity contribution in [2.45, 2.75) is 26.2 Å². The molecule has 0 spiro atoms. The van der Waals surface area contributed by atoms with E-state index in [0.29, 0.717) is 5.41 Å². The summed E-state index contributed by atoms with van der Waals surface area (Å²) in [6, 6.07) is 23.2. The van der Waals surface area contributed by atoms with E-state index in [1.807, 2.05) is 0 Å². The molecule has 0 heterocycles. The summed E-state index contributed by atoms with van der Waals surface area (Å²) in [6.45, 7) is 6.67. The molecule has 21 heavy (non-hydrogen) atoms. The van der Waals surface area contributed by atoms with Crippen LogP contribution >= 0.6 is 17.0 Å². The van der Waals surface area contributed by atoms with Gasteiger partial charge in [-0.05, 0) is 0 Å². The van der Waals surface area contributed by atoms with Gasteiger partial charge in [-0.25, -0.2) is 12.1 Å². The van der Waals surface area contributed by atoms with Crippen molar-refractivity contribution in [1.82, 2.24) is 0 Å². The molecule has 0 unspecified atom stereocenters. The molecule has 3 heteroatoms. The molecule has 3 rings (SSSR count). The quantitative estimate of drug-likeness (QED) is 0.373. The van der Waals surface area contributed by atoms with Crippen LogP contribution in [0.5, 0.6) is 0 Å². The third-order valence-corrected chi connectivity index (χ3v) is 3.08. The normalized spacial score (nSPS) is 9.95. The molecule has 0 fully saturated rings. The van der Waals surface area contributed by atoms with Crippen LogP contribution in [0.3, 0.4) is 0 Å². The molecule has 0 aromatic heterocycles. The van der Waals surface area contributed by atoms with Gasteiger partial charge in [0.25, 0.3) is 0 Å². The van der Waals surface area contributed by atoms with Gasteiger partial charge in [0.1, 0.15) is 0 Å². The van der Waals surface area contributed by atoms with E-state index in [4.69, 9.17) is 17.0 Å². The summed E-state index contributed by atoms with van der Waals surface area (Å²) in [5.74, 6) is 0. The van der Waals surface area contributed by atoms with E-state index < -0.39 is 20.8 Å². The average Bonchev–Trinajstić information content (AvgIpc) is 3.11. The minimum absolute atomic E-state index is 0.323. The smallest absolute Gasteiger partial charge is 0.0809 e. The Morgan fingerprint density at radius 3 is 2.00 bits per heavy atom. The van der Waals surface area contributed by atoms with Crippen molar-refractivity contribution in [2.75, 3.05) is 0 Å². The van der Waals surface area contributed by atoms with E-state index in [0.717, 1.165) is 0 Å². The first-order valence-electron chi connectivity index (χ1n) is 6.78. The first-order valence-corrected chi connectivity index (χ1v) is 13.1. The Kier molecular flexibility index (Phi) is 8.56. The molecule has 0 aliphatic heterocycles. The minimum Gasteiger partial charge on any atom is -0.168 e. The first kappa shape index (κ1) is 18.7. The van der Waals surface area contributed by atoms with Gasteiger partial charge in [-0.1, -0.05) is 32.3 Å². The van der Waals surface area contributed by atoms with E-state index in [1.54, 1.807) is 0 Å². The maximum Gasteiger partial charge on any atom is -0.0809 e. The largest absolute Gasteiger partial charge is 0.168 e. The molecular formula is C18H20Cl2Zr. The average molecular weight is 398 g/mol. The van der Waals surface area contributed by atoms with Crippen LogP contribution < -0.4 is 0 Å². The summed E-state index contributed by atoms with van der Waals surface area (Å²) >= 11 is -0.826. The van der Waals surface area contributed by atoms with Gasteiger partial charge in [-0.2, -0.15) is 35.2 Å². The zero-order valence-corrected chi connectivity index (χ0v) is 16.6. The van der Waals surface area contributed by atoms with Crippen LogP contribution in [-0.4, -0.2) is 0 Å². The van der Waals surface area contributed by atoms with Crippen molar-refractivity contribution in [3.05, 3.63) is 72.3 Å². The zero-order valence-electron chi connectivity index (χ0n) is 12.6. The number of rotatable bonds is 0. The van der Waals surface area contributed by atoms with Crippen molar-refractivity contribution in [1.29, 1.82) is 0 Å². The molecule has 0 aliphatic carbocycles. The second-order valence-electron chi connectivity index (χ2n) is 5.65. The maximum atomic E-state index is 4.93. The van der Waals surface area contributed by atoms with Crippen LogP contribution in [-0.2, 0) is 26.3 Å². The molecule has 110 valence electrons. The molecule has 0 saturated heterocycles. The van der Waals surface area contributed by atoms with Crippen LogP contribution in [0.25, 0.3) is 10.8 Å². The van der Waals surface area contributed by atoms with Gasteiger partial charge in [-0.15, -0.1) is 29.7 Å². The molecule has 3 aromatic carbocycles. The van der Waals surface area contributed by atoms with Crippen molar-refractivity contribution >= 4 is 27.8 Å². The van der Waals surface area contributed by atoms with Gasteiger partial charge < -0.3 is 0 Å². The van der Waals surface area contributed by atoms with Crippen LogP contribution in [0.4, 0.5) is 0 Å². The summed E-state index contributed by atoms with van der Waals surface area (Å²) in [7, 11) is 9.87. The summed E-state index contributed by atoms with van der Waals surface area (Å²) in [5, 5.41) is 2.66.